The predicted octanol–water partition coefficient (Wildman–Crippen LogP) is 4.65. The van der Waals surface area contributed by atoms with Gasteiger partial charge in [0.2, 0.25) is 0 Å². The first kappa shape index (κ1) is 12.4. The second-order valence-corrected chi connectivity index (χ2v) is 6.15. The molecule has 0 atom stereocenters. The van der Waals surface area contributed by atoms with Crippen molar-refractivity contribution in [3.8, 4) is 0 Å². The summed E-state index contributed by atoms with van der Waals surface area (Å²) in [7, 11) is 0. The van der Waals surface area contributed by atoms with Gasteiger partial charge in [-0.3, -0.25) is 0 Å². The smallest absolute Gasteiger partial charge is 0.117 e. The third kappa shape index (κ3) is 2.19. The quantitative estimate of drug-likeness (QED) is 0.732. The van der Waals surface area contributed by atoms with E-state index in [9.17, 15) is 0 Å². The summed E-state index contributed by atoms with van der Waals surface area (Å²) in [6.45, 7) is 4.38. The number of hydrogen-bond acceptors (Lipinski definition) is 1. The summed E-state index contributed by atoms with van der Waals surface area (Å²) in [5.74, 6) is 0.992. The van der Waals surface area contributed by atoms with Crippen LogP contribution in [-0.2, 0) is 5.41 Å². The zero-order chi connectivity index (χ0) is 13.5. The number of aromatic amines is 1. The van der Waals surface area contributed by atoms with Crippen molar-refractivity contribution < 1.29 is 0 Å². The summed E-state index contributed by atoms with van der Waals surface area (Å²) >= 11 is 3.49. The van der Waals surface area contributed by atoms with E-state index in [1.54, 1.807) is 0 Å². The Kier molecular flexibility index (Phi) is 2.94. The molecule has 0 amide bonds. The summed E-state index contributed by atoms with van der Waals surface area (Å²) < 4.78 is 1.06. The molecule has 0 radical (unpaired) electrons. The Morgan fingerprint density at radius 2 is 1.79 bits per heavy atom. The average molecular weight is 315 g/mol. The van der Waals surface area contributed by atoms with Crippen molar-refractivity contribution in [2.75, 3.05) is 0 Å². The molecule has 2 nitrogen and oxygen atoms in total. The highest BCUT2D eigenvalue weighted by molar-refractivity contribution is 9.10. The van der Waals surface area contributed by atoms with E-state index in [-0.39, 0.29) is 5.41 Å². The van der Waals surface area contributed by atoms with Crippen molar-refractivity contribution in [2.24, 2.45) is 0 Å². The van der Waals surface area contributed by atoms with Crippen molar-refractivity contribution in [2.45, 2.75) is 19.3 Å². The molecule has 0 bridgehead atoms. The number of halogens is 1. The van der Waals surface area contributed by atoms with Crippen molar-refractivity contribution in [3.63, 3.8) is 0 Å². The first-order valence-corrected chi connectivity index (χ1v) is 7.08. The number of H-pyrrole nitrogens is 1. The third-order valence-corrected chi connectivity index (χ3v) is 4.02. The molecule has 1 heterocycles. The maximum atomic E-state index is 4.73. The van der Waals surface area contributed by atoms with Crippen molar-refractivity contribution >= 4 is 27.0 Å². The summed E-state index contributed by atoms with van der Waals surface area (Å²) in [6.07, 6.45) is 0. The van der Waals surface area contributed by atoms with Gasteiger partial charge in [-0.2, -0.15) is 0 Å². The lowest BCUT2D eigenvalue weighted by molar-refractivity contribution is 0.601. The summed E-state index contributed by atoms with van der Waals surface area (Å²) in [6, 6.07) is 16.6. The molecule has 1 aromatic heterocycles. The Morgan fingerprint density at radius 1 is 1.05 bits per heavy atom. The molecule has 2 aromatic carbocycles. The maximum Gasteiger partial charge on any atom is 0.117 e. The summed E-state index contributed by atoms with van der Waals surface area (Å²) in [4.78, 5) is 8.16. The molecule has 3 aromatic rings. The van der Waals surface area contributed by atoms with Gasteiger partial charge in [0.25, 0.3) is 0 Å². The maximum absolute atomic E-state index is 4.73. The Hall–Kier alpha value is -1.61. The summed E-state index contributed by atoms with van der Waals surface area (Å²) in [5.41, 5.74) is 3.19. The number of fused-ring (bicyclic) bond motifs is 1. The number of hydrogen-bond donors (Lipinski definition) is 1. The van der Waals surface area contributed by atoms with E-state index < -0.39 is 0 Å². The van der Waals surface area contributed by atoms with Crippen molar-refractivity contribution in [1.29, 1.82) is 0 Å². The van der Waals surface area contributed by atoms with Crippen LogP contribution < -0.4 is 0 Å². The van der Waals surface area contributed by atoms with Crippen molar-refractivity contribution in [1.82, 2.24) is 9.97 Å². The van der Waals surface area contributed by atoms with E-state index in [1.165, 1.54) is 5.56 Å². The normalized spacial score (nSPS) is 11.9. The minimum Gasteiger partial charge on any atom is -0.341 e. The first-order valence-electron chi connectivity index (χ1n) is 6.28. The first-order chi connectivity index (χ1) is 9.07. The Labute approximate surface area is 121 Å². The molecule has 0 saturated carbocycles. The van der Waals surface area contributed by atoms with Gasteiger partial charge in [-0.15, -0.1) is 0 Å². The van der Waals surface area contributed by atoms with Crippen LogP contribution in [0.25, 0.3) is 11.0 Å². The van der Waals surface area contributed by atoms with E-state index in [2.05, 4.69) is 65.1 Å². The topological polar surface area (TPSA) is 28.7 Å². The molecule has 0 spiro atoms. The molecule has 96 valence electrons. The van der Waals surface area contributed by atoms with Gasteiger partial charge < -0.3 is 4.98 Å². The molecule has 0 saturated heterocycles. The van der Waals surface area contributed by atoms with Crippen molar-refractivity contribution in [3.05, 3.63) is 64.4 Å². The zero-order valence-electron chi connectivity index (χ0n) is 10.9. The van der Waals surface area contributed by atoms with Gasteiger partial charge in [-0.05, 0) is 37.6 Å². The lowest BCUT2D eigenvalue weighted by Gasteiger charge is -2.22. The monoisotopic (exact) mass is 314 g/mol. The number of nitrogens with one attached hydrogen (secondary N) is 1. The molecular formula is C16H15BrN2. The molecule has 1 N–H and O–H groups in total. The number of benzene rings is 2. The van der Waals surface area contributed by atoms with Gasteiger partial charge in [0.05, 0.1) is 11.0 Å². The van der Waals surface area contributed by atoms with Gasteiger partial charge in [0.1, 0.15) is 5.82 Å². The number of imidazole rings is 1. The van der Waals surface area contributed by atoms with Gasteiger partial charge in [0, 0.05) is 9.89 Å². The fraction of sp³-hybridized carbons (Fsp3) is 0.188. The standard InChI is InChI=1S/C16H15BrN2/c1-16(2,11-6-4-3-5-7-11)15-18-13-9-8-12(17)10-14(13)19-15/h3-10H,1-2H3,(H,18,19). The van der Waals surface area contributed by atoms with Gasteiger partial charge in [-0.25, -0.2) is 4.98 Å². The average Bonchev–Trinajstić information content (AvgIpc) is 2.83. The SMILES string of the molecule is CC(C)(c1ccccc1)c1nc2ccc(Br)cc2[nH]1. The van der Waals surface area contributed by atoms with E-state index in [0.29, 0.717) is 0 Å². The molecule has 0 fully saturated rings. The number of rotatable bonds is 2. The van der Waals surface area contributed by atoms with Crippen LogP contribution in [0.5, 0.6) is 0 Å². The highest BCUT2D eigenvalue weighted by Gasteiger charge is 2.26. The molecule has 0 aliphatic heterocycles. The van der Waals surface area contributed by atoms with Crippen LogP contribution in [-0.4, -0.2) is 9.97 Å². The van der Waals surface area contributed by atoms with Crippen LogP contribution in [0.1, 0.15) is 25.2 Å². The largest absolute Gasteiger partial charge is 0.341 e. The molecule has 0 aliphatic carbocycles. The minimum atomic E-state index is -0.132. The minimum absolute atomic E-state index is 0.132. The fourth-order valence-corrected chi connectivity index (χ4v) is 2.63. The van der Waals surface area contributed by atoms with Crippen LogP contribution >= 0.6 is 15.9 Å². The Morgan fingerprint density at radius 3 is 2.53 bits per heavy atom. The molecule has 0 aliphatic rings. The highest BCUT2D eigenvalue weighted by atomic mass is 79.9. The third-order valence-electron chi connectivity index (χ3n) is 3.53. The van der Waals surface area contributed by atoms with Crippen LogP contribution in [0.2, 0.25) is 0 Å². The van der Waals surface area contributed by atoms with Crippen LogP contribution in [0.3, 0.4) is 0 Å². The second kappa shape index (κ2) is 4.49. The van der Waals surface area contributed by atoms with Gasteiger partial charge >= 0.3 is 0 Å². The second-order valence-electron chi connectivity index (χ2n) is 5.24. The fourth-order valence-electron chi connectivity index (χ4n) is 2.27. The molecular weight excluding hydrogens is 300 g/mol. The lowest BCUT2D eigenvalue weighted by atomic mass is 9.84. The van der Waals surface area contributed by atoms with Gasteiger partial charge in [0.15, 0.2) is 0 Å². The Balaban J connectivity index is 2.13. The van der Waals surface area contributed by atoms with Crippen LogP contribution in [0.15, 0.2) is 53.0 Å². The van der Waals surface area contributed by atoms with Crippen LogP contribution in [0, 0.1) is 0 Å². The van der Waals surface area contributed by atoms with E-state index >= 15 is 0 Å². The molecule has 3 rings (SSSR count). The molecule has 0 unspecified atom stereocenters. The lowest BCUT2D eigenvalue weighted by Crippen LogP contribution is -2.20. The van der Waals surface area contributed by atoms with E-state index in [0.717, 1.165) is 21.3 Å². The number of aromatic nitrogens is 2. The van der Waals surface area contributed by atoms with E-state index in [4.69, 9.17) is 4.98 Å². The summed E-state index contributed by atoms with van der Waals surface area (Å²) in [5, 5.41) is 0. The Bertz CT molecular complexity index is 714. The van der Waals surface area contributed by atoms with Gasteiger partial charge in [-0.1, -0.05) is 46.3 Å². The molecule has 19 heavy (non-hydrogen) atoms. The number of nitrogens with zero attached hydrogens (tertiary/aromatic N) is 1. The van der Waals surface area contributed by atoms with E-state index in [1.807, 2.05) is 18.2 Å². The highest BCUT2D eigenvalue weighted by Crippen LogP contribution is 2.31. The zero-order valence-corrected chi connectivity index (χ0v) is 12.5. The molecule has 3 heteroatoms. The van der Waals surface area contributed by atoms with Crippen LogP contribution in [0.4, 0.5) is 0 Å². The predicted molar refractivity (Wildman–Crippen MR) is 82.4 cm³/mol.